The molecule has 28 heavy (non-hydrogen) atoms. The van der Waals surface area contributed by atoms with Crippen molar-refractivity contribution in [2.24, 2.45) is 0 Å². The first-order valence-corrected chi connectivity index (χ1v) is 10.7. The minimum absolute atomic E-state index is 0.206. The van der Waals surface area contributed by atoms with Crippen LogP contribution < -0.4 is 15.4 Å². The molecule has 0 aliphatic carbocycles. The Morgan fingerprint density at radius 1 is 1.21 bits per heavy atom. The van der Waals surface area contributed by atoms with Gasteiger partial charge in [0.05, 0.1) is 12.8 Å². The van der Waals surface area contributed by atoms with E-state index in [9.17, 15) is 4.79 Å². The Kier molecular flexibility index (Phi) is 8.26. The minimum Gasteiger partial charge on any atom is -0.497 e. The van der Waals surface area contributed by atoms with Gasteiger partial charge < -0.3 is 15.0 Å². The van der Waals surface area contributed by atoms with Crippen LogP contribution in [0.4, 0.5) is 9.93 Å². The van der Waals surface area contributed by atoms with E-state index in [1.54, 1.807) is 7.11 Å². The third-order valence-electron chi connectivity index (χ3n) is 5.01. The highest BCUT2D eigenvalue weighted by molar-refractivity contribution is 7.13. The number of anilines is 1. The van der Waals surface area contributed by atoms with E-state index in [1.807, 2.05) is 29.6 Å². The van der Waals surface area contributed by atoms with Crippen molar-refractivity contribution in [2.75, 3.05) is 38.6 Å². The molecule has 7 heteroatoms. The largest absolute Gasteiger partial charge is 0.497 e. The lowest BCUT2D eigenvalue weighted by Crippen LogP contribution is -2.32. The Balaban J connectivity index is 1.89. The Labute approximate surface area is 172 Å². The van der Waals surface area contributed by atoms with Gasteiger partial charge in [-0.15, -0.1) is 11.3 Å². The topological polar surface area (TPSA) is 66.5 Å². The fraction of sp³-hybridized carbons (Fsp3) is 0.524. The monoisotopic (exact) mass is 404 g/mol. The van der Waals surface area contributed by atoms with Crippen molar-refractivity contribution in [1.82, 2.24) is 15.2 Å². The van der Waals surface area contributed by atoms with Crippen LogP contribution in [0.3, 0.4) is 0 Å². The van der Waals surface area contributed by atoms with Gasteiger partial charge >= 0.3 is 6.03 Å². The summed E-state index contributed by atoms with van der Waals surface area (Å²) in [4.78, 5) is 19.1. The van der Waals surface area contributed by atoms with Crippen LogP contribution in [-0.2, 0) is 5.41 Å². The van der Waals surface area contributed by atoms with Crippen LogP contribution in [0.15, 0.2) is 29.6 Å². The molecule has 0 radical (unpaired) electrons. The van der Waals surface area contributed by atoms with Crippen molar-refractivity contribution < 1.29 is 9.53 Å². The van der Waals surface area contributed by atoms with E-state index in [1.165, 1.54) is 11.3 Å². The molecule has 2 N–H and O–H groups in total. The Hall–Kier alpha value is -2.12. The van der Waals surface area contributed by atoms with Crippen LogP contribution in [0, 0.1) is 0 Å². The Morgan fingerprint density at radius 3 is 2.50 bits per heavy atom. The molecule has 6 nitrogen and oxygen atoms in total. The molecule has 2 amide bonds. The SMILES string of the molecule is CCN(CC)CCCNC(=O)Nc1nc(C(C)(C)c2ccc(OC)cc2)cs1. The molecule has 0 atom stereocenters. The van der Waals surface area contributed by atoms with Gasteiger partial charge in [0.15, 0.2) is 5.13 Å². The van der Waals surface area contributed by atoms with E-state index in [0.717, 1.165) is 43.1 Å². The fourth-order valence-electron chi connectivity index (χ4n) is 2.96. The van der Waals surface area contributed by atoms with Gasteiger partial charge in [-0.25, -0.2) is 9.78 Å². The molecule has 1 aromatic carbocycles. The lowest BCUT2D eigenvalue weighted by Gasteiger charge is -2.23. The highest BCUT2D eigenvalue weighted by atomic mass is 32.1. The summed E-state index contributed by atoms with van der Waals surface area (Å²) >= 11 is 1.44. The predicted octanol–water partition coefficient (Wildman–Crippen LogP) is 4.33. The lowest BCUT2D eigenvalue weighted by molar-refractivity contribution is 0.250. The second-order valence-corrected chi connectivity index (χ2v) is 8.01. The molecule has 0 bridgehead atoms. The first-order valence-electron chi connectivity index (χ1n) is 9.78. The number of amides is 2. The van der Waals surface area contributed by atoms with Crippen LogP contribution in [0.5, 0.6) is 5.75 Å². The molecule has 0 aliphatic rings. The van der Waals surface area contributed by atoms with Crippen molar-refractivity contribution >= 4 is 22.5 Å². The quantitative estimate of drug-likeness (QED) is 0.579. The van der Waals surface area contributed by atoms with Crippen molar-refractivity contribution in [2.45, 2.75) is 39.5 Å². The number of aromatic nitrogens is 1. The van der Waals surface area contributed by atoms with Gasteiger partial charge in [-0.3, -0.25) is 5.32 Å². The molecule has 1 heterocycles. The van der Waals surface area contributed by atoms with Crippen molar-refractivity contribution in [3.05, 3.63) is 40.9 Å². The maximum absolute atomic E-state index is 12.1. The minimum atomic E-state index is -0.261. The second kappa shape index (κ2) is 10.4. The highest BCUT2D eigenvalue weighted by Gasteiger charge is 2.26. The van der Waals surface area contributed by atoms with E-state index < -0.39 is 0 Å². The van der Waals surface area contributed by atoms with E-state index >= 15 is 0 Å². The van der Waals surface area contributed by atoms with Gasteiger partial charge in [0.25, 0.3) is 0 Å². The van der Waals surface area contributed by atoms with Crippen molar-refractivity contribution in [1.29, 1.82) is 0 Å². The first kappa shape index (κ1) is 22.2. The number of hydrogen-bond donors (Lipinski definition) is 2. The van der Waals surface area contributed by atoms with Crippen LogP contribution in [-0.4, -0.2) is 49.2 Å². The summed E-state index contributed by atoms with van der Waals surface area (Å²) < 4.78 is 5.23. The van der Waals surface area contributed by atoms with Crippen LogP contribution in [0.25, 0.3) is 0 Å². The van der Waals surface area contributed by atoms with Gasteiger partial charge in [-0.05, 0) is 43.8 Å². The van der Waals surface area contributed by atoms with Gasteiger partial charge in [0, 0.05) is 17.3 Å². The number of nitrogens with zero attached hydrogens (tertiary/aromatic N) is 2. The number of carbonyl (C=O) groups is 1. The summed E-state index contributed by atoms with van der Waals surface area (Å²) in [6.45, 7) is 12.3. The molecule has 0 saturated heterocycles. The molecule has 0 spiro atoms. The van der Waals surface area contributed by atoms with Gasteiger partial charge in [-0.2, -0.15) is 0 Å². The number of carbonyl (C=O) groups excluding carboxylic acids is 1. The standard InChI is InChI=1S/C21H32N4O2S/c1-6-25(7-2)14-8-13-22-19(26)24-20-23-18(15-28-20)21(3,4)16-9-11-17(27-5)12-10-16/h9-12,15H,6-8,13-14H2,1-5H3,(H2,22,23,24,26). The summed E-state index contributed by atoms with van der Waals surface area (Å²) in [7, 11) is 1.66. The zero-order valence-corrected chi connectivity index (χ0v) is 18.4. The maximum Gasteiger partial charge on any atom is 0.321 e. The number of ether oxygens (including phenoxy) is 1. The number of rotatable bonds is 10. The lowest BCUT2D eigenvalue weighted by atomic mass is 9.82. The number of benzene rings is 1. The molecule has 154 valence electrons. The molecule has 0 aliphatic heterocycles. The zero-order chi connectivity index (χ0) is 20.6. The summed E-state index contributed by atoms with van der Waals surface area (Å²) in [5.41, 5.74) is 1.81. The zero-order valence-electron chi connectivity index (χ0n) is 17.5. The Bertz CT molecular complexity index is 739. The second-order valence-electron chi connectivity index (χ2n) is 7.15. The number of methoxy groups -OCH3 is 1. The van der Waals surface area contributed by atoms with E-state index in [2.05, 4.69) is 48.2 Å². The van der Waals surface area contributed by atoms with Crippen molar-refractivity contribution in [3.8, 4) is 5.75 Å². The number of nitrogens with one attached hydrogen (secondary N) is 2. The summed E-state index contributed by atoms with van der Waals surface area (Å²) in [5, 5.41) is 8.36. The van der Waals surface area contributed by atoms with Crippen LogP contribution in [0.2, 0.25) is 0 Å². The van der Waals surface area contributed by atoms with Gasteiger partial charge in [0.1, 0.15) is 5.75 Å². The summed E-state index contributed by atoms with van der Waals surface area (Å²) in [5.74, 6) is 0.831. The third-order valence-corrected chi connectivity index (χ3v) is 5.77. The maximum atomic E-state index is 12.1. The average Bonchev–Trinajstić information content (AvgIpc) is 3.17. The van der Waals surface area contributed by atoms with E-state index in [-0.39, 0.29) is 11.4 Å². The molecule has 0 unspecified atom stereocenters. The smallest absolute Gasteiger partial charge is 0.321 e. The molecular weight excluding hydrogens is 372 g/mol. The van der Waals surface area contributed by atoms with Gasteiger partial charge in [-0.1, -0.05) is 39.8 Å². The fourth-order valence-corrected chi connectivity index (χ4v) is 3.83. The summed E-state index contributed by atoms with van der Waals surface area (Å²) in [6.07, 6.45) is 0.933. The first-order chi connectivity index (χ1) is 13.4. The highest BCUT2D eigenvalue weighted by Crippen LogP contribution is 2.34. The number of thiazole rings is 1. The van der Waals surface area contributed by atoms with Crippen LogP contribution in [0.1, 0.15) is 45.4 Å². The predicted molar refractivity (Wildman–Crippen MR) is 117 cm³/mol. The Morgan fingerprint density at radius 2 is 1.89 bits per heavy atom. The number of urea groups is 1. The van der Waals surface area contributed by atoms with Crippen LogP contribution >= 0.6 is 11.3 Å². The van der Waals surface area contributed by atoms with E-state index in [0.29, 0.717) is 11.7 Å². The number of hydrogen-bond acceptors (Lipinski definition) is 5. The average molecular weight is 405 g/mol. The van der Waals surface area contributed by atoms with Crippen molar-refractivity contribution in [3.63, 3.8) is 0 Å². The molecule has 1 aromatic heterocycles. The van der Waals surface area contributed by atoms with Gasteiger partial charge in [0.2, 0.25) is 0 Å². The summed E-state index contributed by atoms with van der Waals surface area (Å²) in [6, 6.07) is 7.80. The van der Waals surface area contributed by atoms with E-state index in [4.69, 9.17) is 4.74 Å². The molecule has 0 saturated carbocycles. The molecular formula is C21H32N4O2S. The normalized spacial score (nSPS) is 11.5. The molecule has 2 aromatic rings. The third kappa shape index (κ3) is 5.94. The molecule has 2 rings (SSSR count). The molecule has 0 fully saturated rings.